The number of rotatable bonds is 2. The Morgan fingerprint density at radius 2 is 2.33 bits per heavy atom. The zero-order valence-corrected chi connectivity index (χ0v) is 9.89. The molecule has 0 bridgehead atoms. The minimum Gasteiger partial charge on any atom is -0.480 e. The average molecular weight is 245 g/mol. The third kappa shape index (κ3) is 1.97. The number of hydrogen-bond donors (Lipinski definition) is 3. The molecule has 18 heavy (non-hydrogen) atoms. The van der Waals surface area contributed by atoms with Crippen molar-refractivity contribution in [1.82, 2.24) is 15.5 Å². The van der Waals surface area contributed by atoms with Crippen molar-refractivity contribution in [1.29, 1.82) is 0 Å². The number of aromatic nitrogens is 2. The van der Waals surface area contributed by atoms with Crippen molar-refractivity contribution in [3.8, 4) is 0 Å². The van der Waals surface area contributed by atoms with E-state index in [9.17, 15) is 4.79 Å². The Morgan fingerprint density at radius 1 is 1.44 bits per heavy atom. The van der Waals surface area contributed by atoms with Crippen LogP contribution in [0.25, 0.3) is 10.9 Å². The van der Waals surface area contributed by atoms with E-state index in [1.54, 1.807) is 6.20 Å². The molecule has 3 rings (SSSR count). The molecule has 0 spiro atoms. The summed E-state index contributed by atoms with van der Waals surface area (Å²) in [5, 5.41) is 20.1. The number of carboxylic acid groups (broad SMARTS) is 1. The second-order valence-electron chi connectivity index (χ2n) is 4.78. The standard InChI is InChI=1S/C13H15N3O2/c17-13(18)12-6-9(3-4-14-12)8-1-2-11-10(5-8)7-15-16-11/h1-2,5,7,9,12,14H,3-4,6H2,(H,15,16)(H,17,18). The zero-order chi connectivity index (χ0) is 12.5. The number of nitrogens with zero attached hydrogens (tertiary/aromatic N) is 1. The Balaban J connectivity index is 1.86. The summed E-state index contributed by atoms with van der Waals surface area (Å²) in [5.41, 5.74) is 2.22. The van der Waals surface area contributed by atoms with Crippen LogP contribution >= 0.6 is 0 Å². The summed E-state index contributed by atoms with van der Waals surface area (Å²) in [6.45, 7) is 0.755. The van der Waals surface area contributed by atoms with Gasteiger partial charge in [-0.25, -0.2) is 0 Å². The first-order valence-corrected chi connectivity index (χ1v) is 6.13. The van der Waals surface area contributed by atoms with E-state index in [1.807, 2.05) is 6.07 Å². The molecule has 1 fully saturated rings. The van der Waals surface area contributed by atoms with Gasteiger partial charge in [0.05, 0.1) is 11.7 Å². The fourth-order valence-electron chi connectivity index (χ4n) is 2.62. The topological polar surface area (TPSA) is 78.0 Å². The molecule has 2 unspecified atom stereocenters. The minimum absolute atomic E-state index is 0.312. The number of carboxylic acids is 1. The zero-order valence-electron chi connectivity index (χ0n) is 9.89. The van der Waals surface area contributed by atoms with E-state index in [-0.39, 0.29) is 0 Å². The molecule has 3 N–H and O–H groups in total. The van der Waals surface area contributed by atoms with Gasteiger partial charge >= 0.3 is 5.97 Å². The number of fused-ring (bicyclic) bond motifs is 1. The van der Waals surface area contributed by atoms with E-state index in [2.05, 4.69) is 27.6 Å². The molecular weight excluding hydrogens is 230 g/mol. The first-order chi connectivity index (χ1) is 8.74. The lowest BCUT2D eigenvalue weighted by molar-refractivity contribution is -0.140. The molecule has 5 heteroatoms. The van der Waals surface area contributed by atoms with Gasteiger partial charge in [-0.05, 0) is 43.0 Å². The molecular formula is C13H15N3O2. The molecule has 1 saturated heterocycles. The normalized spacial score (nSPS) is 24.2. The first kappa shape index (κ1) is 11.2. The van der Waals surface area contributed by atoms with Gasteiger partial charge in [-0.15, -0.1) is 0 Å². The SMILES string of the molecule is O=C(O)C1CC(c2ccc3[nH]ncc3c2)CCN1. The van der Waals surface area contributed by atoms with Crippen molar-refractivity contribution in [2.45, 2.75) is 24.8 Å². The van der Waals surface area contributed by atoms with E-state index >= 15 is 0 Å². The van der Waals surface area contributed by atoms with Crippen LogP contribution in [-0.2, 0) is 4.79 Å². The Kier molecular flexibility index (Phi) is 2.76. The van der Waals surface area contributed by atoms with Gasteiger partial charge in [0, 0.05) is 5.39 Å². The molecule has 2 heterocycles. The Labute approximate surface area is 104 Å². The van der Waals surface area contributed by atoms with Gasteiger partial charge in [0.2, 0.25) is 0 Å². The number of benzene rings is 1. The lowest BCUT2D eigenvalue weighted by Crippen LogP contribution is -2.42. The highest BCUT2D eigenvalue weighted by atomic mass is 16.4. The molecule has 0 saturated carbocycles. The van der Waals surface area contributed by atoms with Crippen molar-refractivity contribution in [2.24, 2.45) is 0 Å². The molecule has 0 radical (unpaired) electrons. The Bertz CT molecular complexity index is 578. The number of carbonyl (C=O) groups is 1. The largest absolute Gasteiger partial charge is 0.480 e. The summed E-state index contributed by atoms with van der Waals surface area (Å²) in [6, 6.07) is 5.75. The van der Waals surface area contributed by atoms with Crippen molar-refractivity contribution < 1.29 is 9.90 Å². The van der Waals surface area contributed by atoms with Crippen LogP contribution in [0.2, 0.25) is 0 Å². The molecule has 2 aromatic rings. The van der Waals surface area contributed by atoms with E-state index in [0.717, 1.165) is 23.9 Å². The van der Waals surface area contributed by atoms with Crippen LogP contribution in [0.5, 0.6) is 0 Å². The van der Waals surface area contributed by atoms with Crippen LogP contribution in [0.3, 0.4) is 0 Å². The highest BCUT2D eigenvalue weighted by Crippen LogP contribution is 2.29. The second kappa shape index (κ2) is 4.42. The van der Waals surface area contributed by atoms with Crippen molar-refractivity contribution in [2.75, 3.05) is 6.54 Å². The summed E-state index contributed by atoms with van der Waals surface area (Å²) in [5.74, 6) is -0.448. The van der Waals surface area contributed by atoms with Gasteiger partial charge in [-0.2, -0.15) is 5.10 Å². The fraction of sp³-hybridized carbons (Fsp3) is 0.385. The fourth-order valence-corrected chi connectivity index (χ4v) is 2.62. The van der Waals surface area contributed by atoms with E-state index in [4.69, 9.17) is 5.11 Å². The van der Waals surface area contributed by atoms with Gasteiger partial charge < -0.3 is 10.4 Å². The Hall–Kier alpha value is -1.88. The maximum absolute atomic E-state index is 11.0. The minimum atomic E-state index is -0.760. The van der Waals surface area contributed by atoms with Gasteiger partial charge in [0.1, 0.15) is 6.04 Å². The molecule has 1 aromatic carbocycles. The molecule has 1 aliphatic rings. The number of hydrogen-bond acceptors (Lipinski definition) is 3. The summed E-state index contributed by atoms with van der Waals surface area (Å²) in [6.07, 6.45) is 3.43. The highest BCUT2D eigenvalue weighted by Gasteiger charge is 2.27. The van der Waals surface area contributed by atoms with Gasteiger partial charge in [0.15, 0.2) is 0 Å². The quantitative estimate of drug-likeness (QED) is 0.749. The van der Waals surface area contributed by atoms with Crippen LogP contribution in [-0.4, -0.2) is 33.9 Å². The third-order valence-electron chi connectivity index (χ3n) is 3.64. The lowest BCUT2D eigenvalue weighted by Gasteiger charge is -2.28. The average Bonchev–Trinajstić information content (AvgIpc) is 2.86. The summed E-state index contributed by atoms with van der Waals surface area (Å²) < 4.78 is 0. The van der Waals surface area contributed by atoms with Gasteiger partial charge in [-0.3, -0.25) is 9.89 Å². The Morgan fingerprint density at radius 3 is 3.17 bits per heavy atom. The van der Waals surface area contributed by atoms with Crippen LogP contribution in [0.1, 0.15) is 24.3 Å². The molecule has 0 amide bonds. The maximum Gasteiger partial charge on any atom is 0.320 e. The summed E-state index contributed by atoms with van der Waals surface area (Å²) >= 11 is 0. The van der Waals surface area contributed by atoms with Crippen molar-refractivity contribution in [3.05, 3.63) is 30.0 Å². The van der Waals surface area contributed by atoms with Gasteiger partial charge in [-0.1, -0.05) is 6.07 Å². The predicted molar refractivity (Wildman–Crippen MR) is 67.5 cm³/mol. The van der Waals surface area contributed by atoms with Crippen LogP contribution in [0.4, 0.5) is 0 Å². The summed E-state index contributed by atoms with van der Waals surface area (Å²) in [4.78, 5) is 11.0. The molecule has 0 aliphatic carbocycles. The maximum atomic E-state index is 11.0. The van der Waals surface area contributed by atoms with Crippen LogP contribution in [0.15, 0.2) is 24.4 Å². The van der Waals surface area contributed by atoms with Crippen LogP contribution in [0, 0.1) is 0 Å². The number of piperidine rings is 1. The highest BCUT2D eigenvalue weighted by molar-refractivity contribution is 5.78. The molecule has 2 atom stereocenters. The van der Waals surface area contributed by atoms with Gasteiger partial charge in [0.25, 0.3) is 0 Å². The first-order valence-electron chi connectivity index (χ1n) is 6.13. The second-order valence-corrected chi connectivity index (χ2v) is 4.78. The molecule has 1 aliphatic heterocycles. The van der Waals surface area contributed by atoms with E-state index < -0.39 is 12.0 Å². The van der Waals surface area contributed by atoms with E-state index in [1.165, 1.54) is 5.56 Å². The number of nitrogens with one attached hydrogen (secondary N) is 2. The smallest absolute Gasteiger partial charge is 0.320 e. The number of H-pyrrole nitrogens is 1. The van der Waals surface area contributed by atoms with E-state index in [0.29, 0.717) is 12.3 Å². The summed E-state index contributed by atoms with van der Waals surface area (Å²) in [7, 11) is 0. The third-order valence-corrected chi connectivity index (χ3v) is 3.64. The van der Waals surface area contributed by atoms with Crippen LogP contribution < -0.4 is 5.32 Å². The molecule has 94 valence electrons. The monoisotopic (exact) mass is 245 g/mol. The number of aliphatic carboxylic acids is 1. The molecule has 5 nitrogen and oxygen atoms in total. The molecule has 1 aromatic heterocycles. The van der Waals surface area contributed by atoms with Crippen molar-refractivity contribution >= 4 is 16.9 Å². The predicted octanol–water partition coefficient (Wildman–Crippen LogP) is 1.48. The van der Waals surface area contributed by atoms with Crippen molar-refractivity contribution in [3.63, 3.8) is 0 Å². The lowest BCUT2D eigenvalue weighted by atomic mass is 9.86. The number of aromatic amines is 1.